The highest BCUT2D eigenvalue weighted by Gasteiger charge is 2.13. The van der Waals surface area contributed by atoms with E-state index >= 15 is 0 Å². The zero-order valence-corrected chi connectivity index (χ0v) is 16.3. The molecule has 26 heavy (non-hydrogen) atoms. The molecule has 0 heterocycles. The van der Waals surface area contributed by atoms with E-state index in [-0.39, 0.29) is 11.8 Å². The van der Waals surface area contributed by atoms with Crippen molar-refractivity contribution < 1.29 is 19.7 Å². The summed E-state index contributed by atoms with van der Waals surface area (Å²) in [7, 11) is 1.51. The molecular formula is C21H35NO4. The minimum atomic E-state index is -0.989. The van der Waals surface area contributed by atoms with Crippen LogP contribution in [0.1, 0.15) is 76.7 Å². The summed E-state index contributed by atoms with van der Waals surface area (Å²) in [4.78, 5) is 11.1. The van der Waals surface area contributed by atoms with Gasteiger partial charge in [-0.15, -0.1) is 0 Å². The largest absolute Gasteiger partial charge is 0.504 e. The molecule has 0 saturated heterocycles. The van der Waals surface area contributed by atoms with Crippen LogP contribution in [0.5, 0.6) is 11.5 Å². The minimum absolute atomic E-state index is 0.0953. The van der Waals surface area contributed by atoms with Crippen molar-refractivity contribution in [2.75, 3.05) is 7.11 Å². The molecule has 0 aromatic heterocycles. The Morgan fingerprint density at radius 2 is 1.69 bits per heavy atom. The number of carboxylic acid groups (broad SMARTS) is 1. The highest BCUT2D eigenvalue weighted by atomic mass is 16.5. The Morgan fingerprint density at radius 1 is 1.08 bits per heavy atom. The van der Waals surface area contributed by atoms with Crippen molar-refractivity contribution in [1.82, 2.24) is 5.32 Å². The number of carbonyl (C=O) groups is 1. The van der Waals surface area contributed by atoms with E-state index in [9.17, 15) is 9.90 Å². The van der Waals surface area contributed by atoms with Crippen molar-refractivity contribution >= 4 is 6.09 Å². The van der Waals surface area contributed by atoms with Gasteiger partial charge in [0.2, 0.25) is 0 Å². The zero-order valence-electron chi connectivity index (χ0n) is 16.3. The van der Waals surface area contributed by atoms with Gasteiger partial charge in [0.15, 0.2) is 11.5 Å². The van der Waals surface area contributed by atoms with Crippen LogP contribution in [0, 0.1) is 0 Å². The van der Waals surface area contributed by atoms with Gasteiger partial charge in [0.25, 0.3) is 0 Å². The van der Waals surface area contributed by atoms with Gasteiger partial charge in [0.1, 0.15) is 0 Å². The van der Waals surface area contributed by atoms with E-state index in [1.165, 1.54) is 52.1 Å². The van der Waals surface area contributed by atoms with E-state index in [0.29, 0.717) is 12.2 Å². The first-order valence-corrected chi connectivity index (χ1v) is 9.92. The molecule has 0 radical (unpaired) electrons. The third kappa shape index (κ3) is 9.54. The van der Waals surface area contributed by atoms with E-state index in [0.717, 1.165) is 24.8 Å². The predicted molar refractivity (Wildman–Crippen MR) is 105 cm³/mol. The Kier molecular flexibility index (Phi) is 11.3. The topological polar surface area (TPSA) is 78.8 Å². The number of hydrogen-bond acceptors (Lipinski definition) is 3. The molecule has 1 atom stereocenters. The van der Waals surface area contributed by atoms with E-state index in [1.807, 2.05) is 6.07 Å². The van der Waals surface area contributed by atoms with Crippen LogP contribution in [0.4, 0.5) is 4.79 Å². The van der Waals surface area contributed by atoms with Crippen molar-refractivity contribution in [3.8, 4) is 11.5 Å². The average Bonchev–Trinajstić information content (AvgIpc) is 2.61. The second-order valence-corrected chi connectivity index (χ2v) is 6.97. The van der Waals surface area contributed by atoms with Gasteiger partial charge in [-0.1, -0.05) is 70.8 Å². The van der Waals surface area contributed by atoms with Gasteiger partial charge in [0.05, 0.1) is 7.11 Å². The number of aromatic hydroxyl groups is 1. The molecule has 1 aromatic carbocycles. The van der Waals surface area contributed by atoms with Crippen LogP contribution >= 0.6 is 0 Å². The zero-order chi connectivity index (χ0) is 19.2. The standard InChI is InChI=1S/C21H35NO4/c1-3-4-5-6-7-8-9-10-11-12-18(22-21(24)25)15-17-13-14-19(23)20(16-17)26-2/h13-14,16,18,22-23H,3-12,15H2,1-2H3,(H,24,25). The number of benzene rings is 1. The second-order valence-electron chi connectivity index (χ2n) is 6.97. The number of unbranched alkanes of at least 4 members (excludes halogenated alkanes) is 8. The highest BCUT2D eigenvalue weighted by molar-refractivity contribution is 5.64. The number of hydrogen-bond donors (Lipinski definition) is 3. The smallest absolute Gasteiger partial charge is 0.404 e. The number of amides is 1. The van der Waals surface area contributed by atoms with Gasteiger partial charge in [-0.25, -0.2) is 4.79 Å². The Labute approximate surface area is 157 Å². The first kappa shape index (κ1) is 22.1. The Bertz CT molecular complexity index is 519. The molecule has 5 nitrogen and oxygen atoms in total. The maximum Gasteiger partial charge on any atom is 0.404 e. The summed E-state index contributed by atoms with van der Waals surface area (Å²) in [5, 5.41) is 21.4. The van der Waals surface area contributed by atoms with Crippen LogP contribution in [-0.2, 0) is 6.42 Å². The average molecular weight is 366 g/mol. The third-order valence-corrected chi connectivity index (χ3v) is 4.71. The Morgan fingerprint density at radius 3 is 2.27 bits per heavy atom. The third-order valence-electron chi connectivity index (χ3n) is 4.71. The summed E-state index contributed by atoms with van der Waals surface area (Å²) >= 11 is 0. The van der Waals surface area contributed by atoms with Crippen LogP contribution in [0.3, 0.4) is 0 Å². The number of phenolic OH excluding ortho intramolecular Hbond substituents is 1. The molecule has 148 valence electrons. The minimum Gasteiger partial charge on any atom is -0.504 e. The lowest BCUT2D eigenvalue weighted by Gasteiger charge is -2.17. The number of rotatable bonds is 14. The van der Waals surface area contributed by atoms with Gasteiger partial charge >= 0.3 is 6.09 Å². The molecule has 0 spiro atoms. The normalized spacial score (nSPS) is 11.9. The second kappa shape index (κ2) is 13.3. The van der Waals surface area contributed by atoms with Gasteiger partial charge in [-0.2, -0.15) is 0 Å². The Balaban J connectivity index is 2.34. The van der Waals surface area contributed by atoms with Crippen molar-refractivity contribution in [2.24, 2.45) is 0 Å². The first-order chi connectivity index (χ1) is 12.6. The molecular weight excluding hydrogens is 330 g/mol. The molecule has 5 heteroatoms. The molecule has 0 aliphatic carbocycles. The molecule has 1 aromatic rings. The highest BCUT2D eigenvalue weighted by Crippen LogP contribution is 2.27. The van der Waals surface area contributed by atoms with Crippen molar-refractivity contribution in [3.05, 3.63) is 23.8 Å². The lowest BCUT2D eigenvalue weighted by atomic mass is 9.99. The molecule has 0 bridgehead atoms. The summed E-state index contributed by atoms with van der Waals surface area (Å²) in [5.41, 5.74) is 0.953. The first-order valence-electron chi connectivity index (χ1n) is 9.92. The summed E-state index contributed by atoms with van der Waals surface area (Å²) in [5.74, 6) is 0.512. The summed E-state index contributed by atoms with van der Waals surface area (Å²) in [6, 6.07) is 5.04. The van der Waals surface area contributed by atoms with Crippen LogP contribution in [0.25, 0.3) is 0 Å². The molecule has 0 saturated carbocycles. The van der Waals surface area contributed by atoms with Gasteiger partial charge in [-0.05, 0) is 30.5 Å². The van der Waals surface area contributed by atoms with Crippen LogP contribution in [0.2, 0.25) is 0 Å². The summed E-state index contributed by atoms with van der Waals surface area (Å²) in [6.07, 6.45) is 11.7. The molecule has 0 aliphatic heterocycles. The fourth-order valence-corrected chi connectivity index (χ4v) is 3.23. The monoisotopic (exact) mass is 365 g/mol. The molecule has 3 N–H and O–H groups in total. The van der Waals surface area contributed by atoms with Crippen molar-refractivity contribution in [3.63, 3.8) is 0 Å². The van der Waals surface area contributed by atoms with Crippen LogP contribution in [0.15, 0.2) is 18.2 Å². The van der Waals surface area contributed by atoms with Crippen LogP contribution < -0.4 is 10.1 Å². The maximum absolute atomic E-state index is 11.1. The Hall–Kier alpha value is -1.91. The van der Waals surface area contributed by atoms with E-state index < -0.39 is 6.09 Å². The number of methoxy groups -OCH3 is 1. The summed E-state index contributed by atoms with van der Waals surface area (Å²) in [6.45, 7) is 2.23. The van der Waals surface area contributed by atoms with Crippen molar-refractivity contribution in [1.29, 1.82) is 0 Å². The van der Waals surface area contributed by atoms with Gasteiger partial charge in [0, 0.05) is 6.04 Å². The van der Waals surface area contributed by atoms with Gasteiger partial charge in [-0.3, -0.25) is 0 Å². The van der Waals surface area contributed by atoms with E-state index in [1.54, 1.807) is 12.1 Å². The lowest BCUT2D eigenvalue weighted by Crippen LogP contribution is -2.35. The molecule has 0 aliphatic rings. The fourth-order valence-electron chi connectivity index (χ4n) is 3.23. The molecule has 1 unspecified atom stereocenters. The van der Waals surface area contributed by atoms with E-state index in [2.05, 4.69) is 12.2 Å². The fraction of sp³-hybridized carbons (Fsp3) is 0.667. The number of nitrogens with one attached hydrogen (secondary N) is 1. The SMILES string of the molecule is CCCCCCCCCCCC(Cc1ccc(O)c(OC)c1)NC(=O)O. The summed E-state index contributed by atoms with van der Waals surface area (Å²) < 4.78 is 5.12. The predicted octanol–water partition coefficient (Wildman–Crippen LogP) is 5.50. The lowest BCUT2D eigenvalue weighted by molar-refractivity contribution is 0.188. The van der Waals surface area contributed by atoms with Crippen molar-refractivity contribution in [2.45, 2.75) is 83.6 Å². The molecule has 1 rings (SSSR count). The maximum atomic E-state index is 11.1. The van der Waals surface area contributed by atoms with Gasteiger partial charge < -0.3 is 20.3 Å². The van der Waals surface area contributed by atoms with E-state index in [4.69, 9.17) is 9.84 Å². The molecule has 0 fully saturated rings. The molecule has 1 amide bonds. The van der Waals surface area contributed by atoms with Crippen LogP contribution in [-0.4, -0.2) is 29.5 Å². The number of phenols is 1. The quantitative estimate of drug-likeness (QED) is 0.380. The number of ether oxygens (including phenoxy) is 1.